The summed E-state index contributed by atoms with van der Waals surface area (Å²) >= 11 is 1.82. The Morgan fingerprint density at radius 2 is 1.93 bits per heavy atom. The molecule has 0 unspecified atom stereocenters. The number of hydrogen-bond donors (Lipinski definition) is 0. The van der Waals surface area contributed by atoms with E-state index in [4.69, 9.17) is 0 Å². The van der Waals surface area contributed by atoms with E-state index in [1.54, 1.807) is 9.13 Å². The lowest BCUT2D eigenvalue weighted by molar-refractivity contribution is 0.597. The Bertz CT molecular complexity index is 316. The molecule has 80 valence electrons. The second-order valence-corrected chi connectivity index (χ2v) is 4.30. The fourth-order valence-corrected chi connectivity index (χ4v) is 1.83. The standard InChI is InChI=1S/C10H18N2OS/c1-3-5-11-7-8-12(10(11)13)6-4-9-14-2/h7-8H,3-6,9H2,1-2H3. The minimum absolute atomic E-state index is 0.132. The van der Waals surface area contributed by atoms with Crippen LogP contribution >= 0.6 is 11.8 Å². The smallest absolute Gasteiger partial charge is 0.299 e. The summed E-state index contributed by atoms with van der Waals surface area (Å²) < 4.78 is 3.57. The minimum atomic E-state index is 0.132. The van der Waals surface area contributed by atoms with Gasteiger partial charge in [-0.1, -0.05) is 6.92 Å². The zero-order valence-electron chi connectivity index (χ0n) is 8.90. The van der Waals surface area contributed by atoms with Crippen LogP contribution in [-0.4, -0.2) is 21.1 Å². The normalized spacial score (nSPS) is 10.7. The monoisotopic (exact) mass is 214 g/mol. The van der Waals surface area contributed by atoms with E-state index in [9.17, 15) is 4.79 Å². The average molecular weight is 214 g/mol. The largest absolute Gasteiger partial charge is 0.328 e. The summed E-state index contributed by atoms with van der Waals surface area (Å²) in [6.45, 7) is 3.75. The fraction of sp³-hybridized carbons (Fsp3) is 0.700. The SMILES string of the molecule is CCCn1ccn(CCCSC)c1=O. The molecule has 0 bridgehead atoms. The first-order valence-electron chi connectivity index (χ1n) is 5.04. The molecule has 14 heavy (non-hydrogen) atoms. The van der Waals surface area contributed by atoms with E-state index in [2.05, 4.69) is 13.2 Å². The third-order valence-electron chi connectivity index (χ3n) is 2.13. The van der Waals surface area contributed by atoms with E-state index in [0.29, 0.717) is 0 Å². The zero-order valence-corrected chi connectivity index (χ0v) is 9.72. The zero-order chi connectivity index (χ0) is 10.4. The van der Waals surface area contributed by atoms with Crippen molar-refractivity contribution in [1.82, 2.24) is 9.13 Å². The van der Waals surface area contributed by atoms with Gasteiger partial charge in [0, 0.05) is 25.5 Å². The van der Waals surface area contributed by atoms with Crippen molar-refractivity contribution in [1.29, 1.82) is 0 Å². The summed E-state index contributed by atoms with van der Waals surface area (Å²) in [5, 5.41) is 0. The maximum absolute atomic E-state index is 11.7. The summed E-state index contributed by atoms with van der Waals surface area (Å²) in [5.41, 5.74) is 0.132. The quantitative estimate of drug-likeness (QED) is 0.675. The Morgan fingerprint density at radius 3 is 2.50 bits per heavy atom. The number of thioether (sulfide) groups is 1. The summed E-state index contributed by atoms with van der Waals surface area (Å²) in [7, 11) is 0. The van der Waals surface area contributed by atoms with Crippen LogP contribution in [0.4, 0.5) is 0 Å². The molecule has 0 radical (unpaired) electrons. The summed E-state index contributed by atoms with van der Waals surface area (Å²) in [6.07, 6.45) is 7.93. The molecule has 4 heteroatoms. The van der Waals surface area contributed by atoms with Crippen molar-refractivity contribution in [2.24, 2.45) is 0 Å². The first-order valence-corrected chi connectivity index (χ1v) is 6.43. The van der Waals surface area contributed by atoms with Crippen molar-refractivity contribution < 1.29 is 0 Å². The number of nitrogens with zero attached hydrogens (tertiary/aromatic N) is 2. The molecule has 1 rings (SSSR count). The second-order valence-electron chi connectivity index (χ2n) is 3.31. The molecule has 1 aromatic rings. The van der Waals surface area contributed by atoms with Crippen LogP contribution in [0.3, 0.4) is 0 Å². The van der Waals surface area contributed by atoms with Crippen molar-refractivity contribution in [3.05, 3.63) is 22.9 Å². The van der Waals surface area contributed by atoms with Gasteiger partial charge >= 0.3 is 5.69 Å². The molecule has 0 amide bonds. The molecule has 0 atom stereocenters. The molecule has 0 spiro atoms. The minimum Gasteiger partial charge on any atom is -0.299 e. The lowest BCUT2D eigenvalue weighted by Crippen LogP contribution is -2.24. The lowest BCUT2D eigenvalue weighted by Gasteiger charge is -2.00. The average Bonchev–Trinajstić information content (AvgIpc) is 2.51. The van der Waals surface area contributed by atoms with Crippen molar-refractivity contribution in [3.8, 4) is 0 Å². The maximum Gasteiger partial charge on any atom is 0.328 e. The molecule has 0 aliphatic rings. The number of aryl methyl sites for hydroxylation is 2. The highest BCUT2D eigenvalue weighted by Crippen LogP contribution is 1.97. The molecule has 3 nitrogen and oxygen atoms in total. The summed E-state index contributed by atoms with van der Waals surface area (Å²) in [6, 6.07) is 0. The Morgan fingerprint density at radius 1 is 1.29 bits per heavy atom. The van der Waals surface area contributed by atoms with Gasteiger partial charge in [0.1, 0.15) is 0 Å². The van der Waals surface area contributed by atoms with Crippen LogP contribution in [0.5, 0.6) is 0 Å². The molecule has 0 saturated heterocycles. The first kappa shape index (κ1) is 11.4. The molecule has 1 heterocycles. The van der Waals surface area contributed by atoms with E-state index < -0.39 is 0 Å². The predicted molar refractivity (Wildman–Crippen MR) is 62.0 cm³/mol. The van der Waals surface area contributed by atoms with Gasteiger partial charge in [0.25, 0.3) is 0 Å². The molecule has 0 N–H and O–H groups in total. The highest BCUT2D eigenvalue weighted by atomic mass is 32.2. The molecule has 0 fully saturated rings. The molecule has 0 aliphatic heterocycles. The third-order valence-corrected chi connectivity index (χ3v) is 2.83. The Labute approximate surface area is 89.1 Å². The summed E-state index contributed by atoms with van der Waals surface area (Å²) in [5.74, 6) is 1.12. The van der Waals surface area contributed by atoms with Gasteiger partial charge in [0.15, 0.2) is 0 Å². The van der Waals surface area contributed by atoms with E-state index in [0.717, 1.165) is 31.7 Å². The van der Waals surface area contributed by atoms with Gasteiger partial charge in [-0.15, -0.1) is 0 Å². The van der Waals surface area contributed by atoms with Gasteiger partial charge in [0.05, 0.1) is 0 Å². The van der Waals surface area contributed by atoms with Crippen LogP contribution in [0, 0.1) is 0 Å². The van der Waals surface area contributed by atoms with Crippen LogP contribution in [0.25, 0.3) is 0 Å². The van der Waals surface area contributed by atoms with Crippen LogP contribution in [0.1, 0.15) is 19.8 Å². The molecular formula is C10H18N2OS. The molecule has 1 aromatic heterocycles. The van der Waals surface area contributed by atoms with Gasteiger partial charge in [-0.05, 0) is 24.9 Å². The highest BCUT2D eigenvalue weighted by Gasteiger charge is 2.00. The van der Waals surface area contributed by atoms with Crippen molar-refractivity contribution >= 4 is 11.8 Å². The second kappa shape index (κ2) is 5.96. The number of imidazole rings is 1. The van der Waals surface area contributed by atoms with E-state index in [1.807, 2.05) is 24.2 Å². The summed E-state index contributed by atoms with van der Waals surface area (Å²) in [4.78, 5) is 11.7. The molecular weight excluding hydrogens is 196 g/mol. The van der Waals surface area contributed by atoms with Gasteiger partial charge in [0.2, 0.25) is 0 Å². The van der Waals surface area contributed by atoms with Crippen molar-refractivity contribution in [2.45, 2.75) is 32.9 Å². The first-order chi connectivity index (χ1) is 6.79. The van der Waals surface area contributed by atoms with E-state index >= 15 is 0 Å². The molecule has 0 aromatic carbocycles. The molecule has 0 saturated carbocycles. The van der Waals surface area contributed by atoms with Crippen LogP contribution in [-0.2, 0) is 13.1 Å². The van der Waals surface area contributed by atoms with Crippen molar-refractivity contribution in [3.63, 3.8) is 0 Å². The molecule has 0 aliphatic carbocycles. The highest BCUT2D eigenvalue weighted by molar-refractivity contribution is 7.98. The number of rotatable bonds is 6. The van der Waals surface area contributed by atoms with E-state index in [-0.39, 0.29) is 5.69 Å². The van der Waals surface area contributed by atoms with Crippen LogP contribution < -0.4 is 5.69 Å². The van der Waals surface area contributed by atoms with Crippen LogP contribution in [0.15, 0.2) is 17.2 Å². The van der Waals surface area contributed by atoms with Gasteiger partial charge < -0.3 is 0 Å². The Hall–Kier alpha value is -0.640. The van der Waals surface area contributed by atoms with Gasteiger partial charge in [-0.2, -0.15) is 11.8 Å². The fourth-order valence-electron chi connectivity index (χ4n) is 1.41. The third kappa shape index (κ3) is 2.94. The van der Waals surface area contributed by atoms with Crippen LogP contribution in [0.2, 0.25) is 0 Å². The van der Waals surface area contributed by atoms with E-state index in [1.165, 1.54) is 0 Å². The maximum atomic E-state index is 11.7. The predicted octanol–water partition coefficient (Wildman–Crippen LogP) is 1.81. The van der Waals surface area contributed by atoms with Gasteiger partial charge in [-0.3, -0.25) is 9.13 Å². The topological polar surface area (TPSA) is 26.9 Å². The Kier molecular flexibility index (Phi) is 4.87. The van der Waals surface area contributed by atoms with Crippen molar-refractivity contribution in [2.75, 3.05) is 12.0 Å². The number of aromatic nitrogens is 2. The number of hydrogen-bond acceptors (Lipinski definition) is 2. The Balaban J connectivity index is 2.56. The van der Waals surface area contributed by atoms with Gasteiger partial charge in [-0.25, -0.2) is 4.79 Å². The lowest BCUT2D eigenvalue weighted by atomic mass is 10.5.